The van der Waals surface area contributed by atoms with E-state index in [4.69, 9.17) is 9.47 Å². The summed E-state index contributed by atoms with van der Waals surface area (Å²) in [6.07, 6.45) is 36.9. The molecule has 0 radical (unpaired) electrons. The van der Waals surface area contributed by atoms with Gasteiger partial charge in [-0.05, 0) is 89.0 Å². The number of rotatable bonds is 24. The normalized spacial score (nSPS) is 19.1. The molecule has 0 fully saturated rings. The Labute approximate surface area is 279 Å². The van der Waals surface area contributed by atoms with Gasteiger partial charge in [-0.3, -0.25) is 9.59 Å². The molecule has 1 aliphatic rings. The molecule has 1 amide bonds. The van der Waals surface area contributed by atoms with Gasteiger partial charge in [-0.25, -0.2) is 4.79 Å². The first-order valence-corrected chi connectivity index (χ1v) is 17.6. The number of Topliss-reactive ketones (excluding diaryl/α,β-unsaturated/α-hetero) is 1. The zero-order valence-electron chi connectivity index (χ0n) is 29.3. The first kappa shape index (κ1) is 40.8. The van der Waals surface area contributed by atoms with Gasteiger partial charge in [-0.2, -0.15) is 0 Å². The Balaban J connectivity index is 2.30. The van der Waals surface area contributed by atoms with Crippen LogP contribution in [0.5, 0.6) is 0 Å². The summed E-state index contributed by atoms with van der Waals surface area (Å²) in [5, 5.41) is 2.77. The molecule has 0 bridgehead atoms. The zero-order chi connectivity index (χ0) is 33.8. The molecule has 0 aliphatic heterocycles. The van der Waals surface area contributed by atoms with E-state index in [-0.39, 0.29) is 54.7 Å². The monoisotopic (exact) mass is 635 g/mol. The predicted octanol–water partition coefficient (Wildman–Crippen LogP) is 9.26. The van der Waals surface area contributed by atoms with Crippen molar-refractivity contribution in [1.29, 1.82) is 0 Å². The standard InChI is InChI=1S/C40H61NO5/c1-6-10-11-12-13-14-15-16-17-18-19-20-21-22-23-24-25-26-27-28-39(43)41-32-36(42)30-34-29-35(40(44)45-9-4)31-38(33(34)5)46-37(7-2)8-3/h10-11,13-14,16-17,19-20,22-23,25-26,31,33-34,37-38H,6-9,12,15,18,21,24,27-30,32H2,1-5H3,(H,41,43)/b11-10-,14-13-,17-16-,20-19-,23-22-,26-25-/t33-,34-,38-/m1/s1. The van der Waals surface area contributed by atoms with Gasteiger partial charge in [-0.1, -0.05) is 101 Å². The Bertz CT molecular complexity index is 1070. The van der Waals surface area contributed by atoms with Crippen LogP contribution >= 0.6 is 0 Å². The quantitative estimate of drug-likeness (QED) is 0.0845. The van der Waals surface area contributed by atoms with Gasteiger partial charge in [0.1, 0.15) is 0 Å². The maximum Gasteiger partial charge on any atom is 0.333 e. The van der Waals surface area contributed by atoms with Crippen LogP contribution in [0.25, 0.3) is 0 Å². The summed E-state index contributed by atoms with van der Waals surface area (Å²) in [6.45, 7) is 10.5. The topological polar surface area (TPSA) is 81.7 Å². The lowest BCUT2D eigenvalue weighted by atomic mass is 9.76. The minimum Gasteiger partial charge on any atom is -0.463 e. The Morgan fingerprint density at radius 2 is 1.33 bits per heavy atom. The average molecular weight is 636 g/mol. The molecule has 256 valence electrons. The van der Waals surface area contributed by atoms with Crippen LogP contribution in [0, 0.1) is 11.8 Å². The van der Waals surface area contributed by atoms with Gasteiger partial charge in [0.05, 0.1) is 25.4 Å². The van der Waals surface area contributed by atoms with E-state index < -0.39 is 0 Å². The fourth-order valence-electron chi connectivity index (χ4n) is 5.16. The molecule has 0 aromatic rings. The summed E-state index contributed by atoms with van der Waals surface area (Å²) in [5.74, 6) is -0.483. The fraction of sp³-hybridized carbons (Fsp3) is 0.575. The van der Waals surface area contributed by atoms with Crippen LogP contribution in [0.1, 0.15) is 112 Å². The van der Waals surface area contributed by atoms with Crippen LogP contribution in [0.15, 0.2) is 84.6 Å². The second-order valence-corrected chi connectivity index (χ2v) is 11.7. The molecule has 0 saturated carbocycles. The Hall–Kier alpha value is -3.25. The molecule has 6 heteroatoms. The molecule has 0 spiro atoms. The van der Waals surface area contributed by atoms with Crippen molar-refractivity contribution in [3.63, 3.8) is 0 Å². The summed E-state index contributed by atoms with van der Waals surface area (Å²) < 4.78 is 11.6. The molecule has 0 aromatic carbocycles. The number of hydrogen-bond acceptors (Lipinski definition) is 5. The van der Waals surface area contributed by atoms with Gasteiger partial charge < -0.3 is 14.8 Å². The van der Waals surface area contributed by atoms with E-state index in [1.807, 2.05) is 12.2 Å². The lowest BCUT2D eigenvalue weighted by molar-refractivity contribution is -0.139. The second-order valence-electron chi connectivity index (χ2n) is 11.7. The van der Waals surface area contributed by atoms with Crippen LogP contribution in [-0.2, 0) is 23.9 Å². The summed E-state index contributed by atoms with van der Waals surface area (Å²) >= 11 is 0. The average Bonchev–Trinajstić information content (AvgIpc) is 3.05. The molecule has 0 saturated heterocycles. The Morgan fingerprint density at radius 3 is 1.83 bits per heavy atom. The first-order valence-electron chi connectivity index (χ1n) is 17.6. The van der Waals surface area contributed by atoms with E-state index in [1.165, 1.54) is 0 Å². The number of ether oxygens (including phenoxy) is 2. The van der Waals surface area contributed by atoms with E-state index >= 15 is 0 Å². The maximum atomic E-state index is 12.8. The van der Waals surface area contributed by atoms with Crippen molar-refractivity contribution < 1.29 is 23.9 Å². The number of allylic oxidation sites excluding steroid dienone is 12. The van der Waals surface area contributed by atoms with E-state index in [0.717, 1.165) is 51.4 Å². The maximum absolute atomic E-state index is 12.8. The van der Waals surface area contributed by atoms with Crippen LogP contribution < -0.4 is 5.32 Å². The summed E-state index contributed by atoms with van der Waals surface area (Å²) in [7, 11) is 0. The fourth-order valence-corrected chi connectivity index (χ4v) is 5.16. The van der Waals surface area contributed by atoms with Crippen LogP contribution in [-0.4, -0.2) is 43.0 Å². The van der Waals surface area contributed by atoms with Crippen LogP contribution in [0.2, 0.25) is 0 Å². The van der Waals surface area contributed by atoms with Gasteiger partial charge in [0.25, 0.3) is 0 Å². The highest BCUT2D eigenvalue weighted by molar-refractivity contribution is 5.89. The van der Waals surface area contributed by atoms with Crippen molar-refractivity contribution in [2.75, 3.05) is 13.2 Å². The van der Waals surface area contributed by atoms with Gasteiger partial charge in [0.15, 0.2) is 5.78 Å². The van der Waals surface area contributed by atoms with Gasteiger partial charge >= 0.3 is 5.97 Å². The highest BCUT2D eigenvalue weighted by atomic mass is 16.5. The number of esters is 1. The van der Waals surface area contributed by atoms with Gasteiger partial charge in [0, 0.05) is 18.4 Å². The number of hydrogen-bond donors (Lipinski definition) is 1. The third-order valence-electron chi connectivity index (χ3n) is 8.01. The molecular weight excluding hydrogens is 574 g/mol. The van der Waals surface area contributed by atoms with Gasteiger partial charge in [-0.15, -0.1) is 0 Å². The molecule has 0 heterocycles. The smallest absolute Gasteiger partial charge is 0.333 e. The van der Waals surface area contributed by atoms with Crippen molar-refractivity contribution in [3.05, 3.63) is 84.6 Å². The van der Waals surface area contributed by atoms with E-state index in [9.17, 15) is 14.4 Å². The number of amides is 1. The predicted molar refractivity (Wildman–Crippen MR) is 191 cm³/mol. The van der Waals surface area contributed by atoms with E-state index in [0.29, 0.717) is 31.4 Å². The lowest BCUT2D eigenvalue weighted by Crippen LogP contribution is -2.38. The van der Waals surface area contributed by atoms with E-state index in [2.05, 4.69) is 99.8 Å². The number of nitrogens with one attached hydrogen (secondary N) is 1. The van der Waals surface area contributed by atoms with Gasteiger partial charge in [0.2, 0.25) is 5.91 Å². The first-order chi connectivity index (χ1) is 22.4. The van der Waals surface area contributed by atoms with Crippen molar-refractivity contribution in [2.45, 2.75) is 124 Å². The Morgan fingerprint density at radius 1 is 0.804 bits per heavy atom. The molecule has 0 unspecified atom stereocenters. The molecule has 1 aliphatic carbocycles. The van der Waals surface area contributed by atoms with Crippen molar-refractivity contribution in [3.8, 4) is 0 Å². The largest absolute Gasteiger partial charge is 0.463 e. The second kappa shape index (κ2) is 26.9. The number of carbonyl (C=O) groups is 3. The third-order valence-corrected chi connectivity index (χ3v) is 8.01. The molecule has 0 aromatic heterocycles. The molecule has 6 nitrogen and oxygen atoms in total. The molecule has 46 heavy (non-hydrogen) atoms. The minimum absolute atomic E-state index is 0.00231. The van der Waals surface area contributed by atoms with Crippen molar-refractivity contribution >= 4 is 17.7 Å². The molecule has 3 atom stereocenters. The molecular formula is C40H61NO5. The number of ketones is 1. The van der Waals surface area contributed by atoms with Crippen molar-refractivity contribution in [1.82, 2.24) is 5.32 Å². The highest BCUT2D eigenvalue weighted by Crippen LogP contribution is 2.35. The van der Waals surface area contributed by atoms with E-state index in [1.54, 1.807) is 6.92 Å². The summed E-state index contributed by atoms with van der Waals surface area (Å²) in [6, 6.07) is 0. The lowest BCUT2D eigenvalue weighted by Gasteiger charge is -2.36. The van der Waals surface area contributed by atoms with Crippen LogP contribution in [0.4, 0.5) is 0 Å². The summed E-state index contributed by atoms with van der Waals surface area (Å²) in [4.78, 5) is 37.7. The van der Waals surface area contributed by atoms with Crippen molar-refractivity contribution in [2.24, 2.45) is 11.8 Å². The molecule has 1 rings (SSSR count). The Kier molecular flexibility index (Phi) is 23.9. The SMILES string of the molecule is CC/C=C\C/C=C\C/C=C\C/C=C\C/C=C\C/C=C\CCC(=O)NCC(=O)C[C@H]1CC(C(=O)OCC)=C[C@@H](OC(CC)CC)[C@@H]1C. The molecule has 1 N–H and O–H groups in total. The summed E-state index contributed by atoms with van der Waals surface area (Å²) in [5.41, 5.74) is 0.578. The third kappa shape index (κ3) is 19.3. The number of carbonyl (C=O) groups excluding carboxylic acids is 3. The minimum atomic E-state index is -0.340. The highest BCUT2D eigenvalue weighted by Gasteiger charge is 2.35. The zero-order valence-corrected chi connectivity index (χ0v) is 29.3. The van der Waals surface area contributed by atoms with Crippen LogP contribution in [0.3, 0.4) is 0 Å².